The van der Waals surface area contributed by atoms with E-state index in [1.165, 1.54) is 23.9 Å². The van der Waals surface area contributed by atoms with E-state index >= 15 is 0 Å². The van der Waals surface area contributed by atoms with Gasteiger partial charge in [-0.05, 0) is 17.0 Å². The Hall–Kier alpha value is -4.76. The van der Waals surface area contributed by atoms with Crippen LogP contribution in [0.4, 0.5) is 5.82 Å². The zero-order valence-electron chi connectivity index (χ0n) is 25.8. The van der Waals surface area contributed by atoms with Gasteiger partial charge in [0, 0.05) is 51.4 Å². The maximum absolute atomic E-state index is 13.2. The second-order valence-corrected chi connectivity index (χ2v) is 13.7. The van der Waals surface area contributed by atoms with Gasteiger partial charge >= 0.3 is 10.9 Å². The number of ether oxygens (including phenoxy) is 2. The number of nitriles is 1. The number of benzene rings is 2. The van der Waals surface area contributed by atoms with Crippen LogP contribution in [0, 0.1) is 16.5 Å². The maximum Gasteiger partial charge on any atom is 0.415 e. The molecular formula is C31H32N8O7S2. The molecular weight excluding hydrogens is 661 g/mol. The summed E-state index contributed by atoms with van der Waals surface area (Å²) < 4.78 is 41.5. The van der Waals surface area contributed by atoms with Crippen molar-refractivity contribution in [3.63, 3.8) is 0 Å². The third-order valence-corrected chi connectivity index (χ3v) is 10.4. The van der Waals surface area contributed by atoms with E-state index in [0.29, 0.717) is 81.3 Å². The molecule has 6 rings (SSSR count). The number of piperazine rings is 1. The third kappa shape index (κ3) is 7.36. The lowest BCUT2D eigenvalue weighted by Crippen LogP contribution is -2.50. The van der Waals surface area contributed by atoms with E-state index in [1.54, 1.807) is 23.1 Å². The molecule has 0 spiro atoms. The molecule has 2 fully saturated rings. The molecule has 48 heavy (non-hydrogen) atoms. The highest BCUT2D eigenvalue weighted by atomic mass is 32.2. The molecule has 0 bridgehead atoms. The number of nitrogens with zero attached hydrogens (tertiary/aromatic N) is 8. The molecule has 2 aromatic heterocycles. The number of thioether (sulfide) groups is 1. The Kier molecular flexibility index (Phi) is 10.3. The van der Waals surface area contributed by atoms with Crippen LogP contribution in [-0.4, -0.2) is 111 Å². The van der Waals surface area contributed by atoms with E-state index in [-0.39, 0.29) is 28.1 Å². The summed E-state index contributed by atoms with van der Waals surface area (Å²) in [5.41, 5.74) is 1.72. The van der Waals surface area contributed by atoms with Crippen LogP contribution in [0.5, 0.6) is 5.88 Å². The number of carbonyl (C=O) groups excluding carboxylic acids is 1. The van der Waals surface area contributed by atoms with E-state index in [9.17, 15) is 23.7 Å². The molecule has 2 aliphatic heterocycles. The predicted octanol–water partition coefficient (Wildman–Crippen LogP) is 1.62. The predicted molar refractivity (Wildman–Crippen MR) is 172 cm³/mol. The Morgan fingerprint density at radius 2 is 1.69 bits per heavy atom. The summed E-state index contributed by atoms with van der Waals surface area (Å²) in [7, 11) is -4.20. The van der Waals surface area contributed by atoms with Gasteiger partial charge in [0.2, 0.25) is 5.91 Å². The largest absolute Gasteiger partial charge is 0.453 e. The number of anilines is 1. The van der Waals surface area contributed by atoms with Crippen molar-refractivity contribution in [3.8, 4) is 23.2 Å². The second-order valence-electron chi connectivity index (χ2n) is 10.8. The van der Waals surface area contributed by atoms with Gasteiger partial charge in [-0.2, -0.15) is 5.26 Å². The smallest absolute Gasteiger partial charge is 0.415 e. The highest BCUT2D eigenvalue weighted by molar-refractivity contribution is 7.99. The summed E-state index contributed by atoms with van der Waals surface area (Å²) in [6.07, 6.45) is 0. The van der Waals surface area contributed by atoms with Crippen molar-refractivity contribution in [2.45, 2.75) is 15.1 Å². The first kappa shape index (κ1) is 33.2. The highest BCUT2D eigenvalue weighted by Crippen LogP contribution is 2.31. The minimum absolute atomic E-state index is 0.0545. The number of amides is 1. The van der Waals surface area contributed by atoms with Crippen LogP contribution in [0.2, 0.25) is 0 Å². The van der Waals surface area contributed by atoms with Crippen LogP contribution in [0.15, 0.2) is 80.4 Å². The van der Waals surface area contributed by atoms with Gasteiger partial charge in [-0.15, -0.1) is 0 Å². The summed E-state index contributed by atoms with van der Waals surface area (Å²) in [5, 5.41) is 25.4. The Balaban J connectivity index is 1.04. The lowest BCUT2D eigenvalue weighted by molar-refractivity contribution is -0.832. The van der Waals surface area contributed by atoms with Gasteiger partial charge in [0.25, 0.3) is 9.84 Å². The number of hydrogen-bond acceptors (Lipinski definition) is 14. The van der Waals surface area contributed by atoms with Crippen molar-refractivity contribution in [1.82, 2.24) is 24.9 Å². The molecule has 0 radical (unpaired) electrons. The van der Waals surface area contributed by atoms with Gasteiger partial charge in [0.15, 0.2) is 11.0 Å². The normalized spacial score (nSPS) is 15.6. The fraction of sp³-hybridized carbons (Fsp3) is 0.355. The van der Waals surface area contributed by atoms with Crippen LogP contribution >= 0.6 is 11.8 Å². The minimum Gasteiger partial charge on any atom is -0.453 e. The standard InChI is InChI=1S/C31H32N8O7S2/c32-21-25-27(23-7-3-1-4-8-23)33-31(34-28(25)38-16-18-44-19-17-38)47-22-26(40)37-13-11-36(12-14-37)15-20-45-29-30(39(41)46-35-29)48(42,43)24-9-5-2-6-10-24/h1-10H,11-20,22H2. The van der Waals surface area contributed by atoms with E-state index in [1.807, 2.05) is 35.2 Å². The van der Waals surface area contributed by atoms with E-state index in [4.69, 9.17) is 19.4 Å². The average Bonchev–Trinajstić information content (AvgIpc) is 3.52. The van der Waals surface area contributed by atoms with Gasteiger partial charge in [-0.3, -0.25) is 14.3 Å². The van der Waals surface area contributed by atoms with Crippen molar-refractivity contribution < 1.29 is 32.2 Å². The molecule has 0 atom stereocenters. The molecule has 4 heterocycles. The molecule has 2 aromatic carbocycles. The molecule has 0 saturated carbocycles. The van der Waals surface area contributed by atoms with E-state index in [2.05, 4.69) is 20.8 Å². The lowest BCUT2D eigenvalue weighted by Gasteiger charge is -2.34. The average molecular weight is 693 g/mol. The first-order valence-corrected chi connectivity index (χ1v) is 17.7. The fourth-order valence-electron chi connectivity index (χ4n) is 5.36. The minimum atomic E-state index is -4.20. The van der Waals surface area contributed by atoms with Crippen molar-refractivity contribution in [1.29, 1.82) is 5.26 Å². The number of carbonyl (C=O) groups is 1. The maximum atomic E-state index is 13.2. The molecule has 2 aliphatic rings. The van der Waals surface area contributed by atoms with Crippen LogP contribution in [0.1, 0.15) is 5.56 Å². The third-order valence-electron chi connectivity index (χ3n) is 7.89. The molecule has 15 nitrogen and oxygen atoms in total. The van der Waals surface area contributed by atoms with Crippen LogP contribution in [-0.2, 0) is 19.4 Å². The van der Waals surface area contributed by atoms with Crippen molar-refractivity contribution >= 4 is 33.3 Å². The number of hydrogen-bond donors (Lipinski definition) is 0. The van der Waals surface area contributed by atoms with E-state index < -0.39 is 20.7 Å². The topological polar surface area (TPSA) is 182 Å². The quantitative estimate of drug-likeness (QED) is 0.126. The number of morpholine rings is 1. The van der Waals surface area contributed by atoms with Crippen molar-refractivity contribution in [2.75, 3.05) is 76.3 Å². The number of sulfone groups is 1. The first-order valence-electron chi connectivity index (χ1n) is 15.2. The van der Waals surface area contributed by atoms with Gasteiger partial charge in [0.05, 0.1) is 34.7 Å². The Morgan fingerprint density at radius 1 is 1.00 bits per heavy atom. The monoisotopic (exact) mass is 692 g/mol. The van der Waals surface area contributed by atoms with Crippen molar-refractivity contribution in [3.05, 3.63) is 71.4 Å². The number of rotatable bonds is 11. The molecule has 0 unspecified atom stereocenters. The SMILES string of the molecule is N#Cc1c(-c2ccccc2)nc(SCC(=O)N2CCN(CCOc3no[n+]([O-])c3S(=O)(=O)c3ccccc3)CC2)nc1N1CCOCC1. The van der Waals surface area contributed by atoms with Gasteiger partial charge in [0.1, 0.15) is 18.2 Å². The first-order chi connectivity index (χ1) is 23.3. The highest BCUT2D eigenvalue weighted by Gasteiger charge is 2.36. The van der Waals surface area contributed by atoms with Gasteiger partial charge < -0.3 is 24.5 Å². The number of aromatic nitrogens is 4. The lowest BCUT2D eigenvalue weighted by atomic mass is 10.1. The summed E-state index contributed by atoms with van der Waals surface area (Å²) >= 11 is 1.24. The molecule has 2 saturated heterocycles. The second kappa shape index (κ2) is 15.0. The van der Waals surface area contributed by atoms with Crippen LogP contribution in [0.3, 0.4) is 0 Å². The van der Waals surface area contributed by atoms with Gasteiger partial charge in [-0.25, -0.2) is 18.4 Å². The zero-order valence-corrected chi connectivity index (χ0v) is 27.4. The molecule has 0 aliphatic carbocycles. The molecule has 17 heteroatoms. The Morgan fingerprint density at radius 3 is 2.38 bits per heavy atom. The van der Waals surface area contributed by atoms with Crippen LogP contribution in [0.25, 0.3) is 11.3 Å². The Bertz CT molecular complexity index is 1870. The fourth-order valence-corrected chi connectivity index (χ4v) is 7.39. The zero-order chi connectivity index (χ0) is 33.5. The Labute approximate surface area is 281 Å². The molecule has 4 aromatic rings. The summed E-state index contributed by atoms with van der Waals surface area (Å²) in [6.45, 7) is 4.85. The molecule has 1 amide bonds. The van der Waals surface area contributed by atoms with Gasteiger partial charge in [-0.1, -0.05) is 60.3 Å². The molecule has 0 N–H and O–H groups in total. The summed E-state index contributed by atoms with van der Waals surface area (Å²) in [4.78, 5) is 28.2. The van der Waals surface area contributed by atoms with Crippen LogP contribution < -0.4 is 14.5 Å². The summed E-state index contributed by atoms with van der Waals surface area (Å²) in [6, 6.07) is 19.3. The van der Waals surface area contributed by atoms with Crippen molar-refractivity contribution in [2.24, 2.45) is 0 Å². The van der Waals surface area contributed by atoms with E-state index in [0.717, 1.165) is 5.56 Å². The summed E-state index contributed by atoms with van der Waals surface area (Å²) in [5.74, 6) is 0.209. The molecule has 250 valence electrons.